The summed E-state index contributed by atoms with van der Waals surface area (Å²) in [5.74, 6) is -0.0984. The molecule has 1 amide bonds. The van der Waals surface area contributed by atoms with E-state index in [1.807, 2.05) is 20.8 Å². The first-order chi connectivity index (χ1) is 14.4. The van der Waals surface area contributed by atoms with Gasteiger partial charge in [0.25, 0.3) is 15.9 Å². The summed E-state index contributed by atoms with van der Waals surface area (Å²) in [4.78, 5) is 24.6. The molecule has 1 unspecified atom stereocenters. The summed E-state index contributed by atoms with van der Waals surface area (Å²) in [5, 5.41) is 0. The van der Waals surface area contributed by atoms with Crippen molar-refractivity contribution in [3.63, 3.8) is 0 Å². The minimum atomic E-state index is -4.04. The fourth-order valence-corrected chi connectivity index (χ4v) is 5.15. The van der Waals surface area contributed by atoms with Crippen LogP contribution in [-0.2, 0) is 26.0 Å². The third kappa shape index (κ3) is 4.17. The molecular weight excluding hydrogens is 418 g/mol. The van der Waals surface area contributed by atoms with E-state index in [2.05, 4.69) is 4.72 Å². The standard InChI is InChI=1S/C23H27NO6S/c1-13-9-7-8-10-19(13)31(27,28)24-22(26)23(6)12-11-18-16(4)20(29-17(5)25)14(2)15(3)21(18)30-23/h7-10H,11-12H2,1-6H3,(H,24,26). The topological polar surface area (TPSA) is 98.8 Å². The van der Waals surface area contributed by atoms with Gasteiger partial charge in [-0.05, 0) is 69.4 Å². The van der Waals surface area contributed by atoms with Gasteiger partial charge in [-0.1, -0.05) is 18.2 Å². The lowest BCUT2D eigenvalue weighted by molar-refractivity contribution is -0.135. The molecule has 0 spiro atoms. The number of nitrogens with one attached hydrogen (secondary N) is 1. The van der Waals surface area contributed by atoms with Crippen LogP contribution in [0, 0.1) is 27.7 Å². The van der Waals surface area contributed by atoms with Crippen molar-refractivity contribution in [3.8, 4) is 11.5 Å². The van der Waals surface area contributed by atoms with Gasteiger partial charge < -0.3 is 9.47 Å². The molecule has 0 saturated heterocycles. The number of amides is 1. The zero-order valence-electron chi connectivity index (χ0n) is 18.6. The fourth-order valence-electron chi connectivity index (χ4n) is 3.83. The summed E-state index contributed by atoms with van der Waals surface area (Å²) in [6, 6.07) is 6.47. The SMILES string of the molecule is CC(=O)Oc1c(C)c(C)c2c(c1C)CCC(C)(C(=O)NS(=O)(=O)c1ccccc1C)O2. The van der Waals surface area contributed by atoms with Crippen LogP contribution in [0.3, 0.4) is 0 Å². The predicted molar refractivity (Wildman–Crippen MR) is 116 cm³/mol. The maximum absolute atomic E-state index is 13.0. The minimum Gasteiger partial charge on any atom is -0.477 e. The molecular formula is C23H27NO6S. The van der Waals surface area contributed by atoms with E-state index in [1.165, 1.54) is 13.0 Å². The third-order valence-electron chi connectivity index (χ3n) is 5.83. The number of aryl methyl sites for hydroxylation is 1. The summed E-state index contributed by atoms with van der Waals surface area (Å²) in [5.41, 5.74) is 2.30. The first-order valence-electron chi connectivity index (χ1n) is 10.0. The summed E-state index contributed by atoms with van der Waals surface area (Å²) in [6.07, 6.45) is 0.753. The van der Waals surface area contributed by atoms with Crippen LogP contribution in [0.1, 0.15) is 48.1 Å². The predicted octanol–water partition coefficient (Wildman–Crippen LogP) is 3.43. The molecule has 0 aromatic heterocycles. The molecule has 166 valence electrons. The van der Waals surface area contributed by atoms with Crippen LogP contribution in [-0.4, -0.2) is 25.9 Å². The monoisotopic (exact) mass is 445 g/mol. The smallest absolute Gasteiger partial charge is 0.308 e. The van der Waals surface area contributed by atoms with Gasteiger partial charge in [-0.3, -0.25) is 9.59 Å². The highest BCUT2D eigenvalue weighted by Gasteiger charge is 2.42. The van der Waals surface area contributed by atoms with Crippen LogP contribution in [0.25, 0.3) is 0 Å². The number of ether oxygens (including phenoxy) is 2. The Morgan fingerprint density at radius 1 is 1.06 bits per heavy atom. The van der Waals surface area contributed by atoms with Crippen LogP contribution >= 0.6 is 0 Å². The minimum absolute atomic E-state index is 0.0528. The molecule has 3 rings (SSSR count). The van der Waals surface area contributed by atoms with E-state index in [0.29, 0.717) is 23.5 Å². The third-order valence-corrected chi connectivity index (χ3v) is 7.32. The normalized spacial score (nSPS) is 18.0. The summed E-state index contributed by atoms with van der Waals surface area (Å²) >= 11 is 0. The van der Waals surface area contributed by atoms with Crippen molar-refractivity contribution in [2.75, 3.05) is 0 Å². The van der Waals surface area contributed by atoms with E-state index in [0.717, 1.165) is 22.3 Å². The van der Waals surface area contributed by atoms with Crippen molar-refractivity contribution in [1.29, 1.82) is 0 Å². The van der Waals surface area contributed by atoms with Gasteiger partial charge in [-0.15, -0.1) is 0 Å². The number of sulfonamides is 1. The lowest BCUT2D eigenvalue weighted by Gasteiger charge is -2.36. The lowest BCUT2D eigenvalue weighted by Crippen LogP contribution is -2.52. The average molecular weight is 446 g/mol. The van der Waals surface area contributed by atoms with Crippen LogP contribution in [0.4, 0.5) is 0 Å². The van der Waals surface area contributed by atoms with Gasteiger partial charge >= 0.3 is 5.97 Å². The largest absolute Gasteiger partial charge is 0.477 e. The van der Waals surface area contributed by atoms with Gasteiger partial charge in [-0.25, -0.2) is 13.1 Å². The van der Waals surface area contributed by atoms with Crippen LogP contribution in [0.2, 0.25) is 0 Å². The van der Waals surface area contributed by atoms with Crippen molar-refractivity contribution in [3.05, 3.63) is 52.1 Å². The van der Waals surface area contributed by atoms with Crippen LogP contribution in [0.15, 0.2) is 29.2 Å². The quantitative estimate of drug-likeness (QED) is 0.572. The molecule has 31 heavy (non-hydrogen) atoms. The summed E-state index contributed by atoms with van der Waals surface area (Å²) in [6.45, 7) is 10.1. The molecule has 8 heteroatoms. The van der Waals surface area contributed by atoms with Crippen molar-refractivity contribution >= 4 is 21.9 Å². The zero-order chi connectivity index (χ0) is 23.1. The number of carbonyl (C=O) groups is 2. The van der Waals surface area contributed by atoms with Gasteiger partial charge in [0, 0.05) is 18.9 Å². The fraction of sp³-hybridized carbons (Fsp3) is 0.391. The summed E-state index contributed by atoms with van der Waals surface area (Å²) < 4.78 is 39.3. The van der Waals surface area contributed by atoms with E-state index in [1.54, 1.807) is 32.0 Å². The highest BCUT2D eigenvalue weighted by atomic mass is 32.2. The highest BCUT2D eigenvalue weighted by molar-refractivity contribution is 7.90. The van der Waals surface area contributed by atoms with Crippen molar-refractivity contribution in [1.82, 2.24) is 4.72 Å². The Morgan fingerprint density at radius 2 is 1.71 bits per heavy atom. The number of carbonyl (C=O) groups excluding carboxylic acids is 2. The first kappa shape index (κ1) is 22.8. The molecule has 2 aromatic carbocycles. The number of hydrogen-bond donors (Lipinski definition) is 1. The first-order valence-corrected chi connectivity index (χ1v) is 11.5. The molecule has 1 aliphatic heterocycles. The van der Waals surface area contributed by atoms with Gasteiger partial charge in [-0.2, -0.15) is 0 Å². The van der Waals surface area contributed by atoms with Crippen LogP contribution < -0.4 is 14.2 Å². The number of benzene rings is 2. The number of fused-ring (bicyclic) bond motifs is 1. The number of esters is 1. The molecule has 7 nitrogen and oxygen atoms in total. The average Bonchev–Trinajstić information content (AvgIpc) is 2.69. The maximum atomic E-state index is 13.0. The number of hydrogen-bond acceptors (Lipinski definition) is 6. The Hall–Kier alpha value is -2.87. The Morgan fingerprint density at radius 3 is 2.32 bits per heavy atom. The van der Waals surface area contributed by atoms with Gasteiger partial charge in [0.1, 0.15) is 11.5 Å². The Kier molecular flexibility index (Phi) is 5.88. The van der Waals surface area contributed by atoms with Gasteiger partial charge in [0.05, 0.1) is 4.90 Å². The summed E-state index contributed by atoms with van der Waals surface area (Å²) in [7, 11) is -4.04. The van der Waals surface area contributed by atoms with E-state index in [4.69, 9.17) is 9.47 Å². The molecule has 0 bridgehead atoms. The molecule has 2 aromatic rings. The molecule has 0 radical (unpaired) electrons. The molecule has 0 saturated carbocycles. The molecule has 1 aliphatic rings. The van der Waals surface area contributed by atoms with Crippen molar-refractivity contribution < 1.29 is 27.5 Å². The molecule has 1 atom stereocenters. The van der Waals surface area contributed by atoms with Crippen molar-refractivity contribution in [2.45, 2.75) is 64.9 Å². The van der Waals surface area contributed by atoms with E-state index < -0.39 is 27.5 Å². The van der Waals surface area contributed by atoms with E-state index >= 15 is 0 Å². The Bertz CT molecular complexity index is 1190. The second-order valence-electron chi connectivity index (χ2n) is 8.14. The molecule has 1 N–H and O–H groups in total. The zero-order valence-corrected chi connectivity index (χ0v) is 19.4. The van der Waals surface area contributed by atoms with Gasteiger partial charge in [0.15, 0.2) is 5.60 Å². The molecule has 0 fully saturated rings. The van der Waals surface area contributed by atoms with E-state index in [9.17, 15) is 18.0 Å². The molecule has 1 heterocycles. The lowest BCUT2D eigenvalue weighted by atomic mass is 9.87. The molecule has 0 aliphatic carbocycles. The Balaban J connectivity index is 1.94. The Labute approximate surface area is 182 Å². The number of rotatable bonds is 4. The highest BCUT2D eigenvalue weighted by Crippen LogP contribution is 2.44. The van der Waals surface area contributed by atoms with Gasteiger partial charge in [0.2, 0.25) is 0 Å². The second-order valence-corrected chi connectivity index (χ2v) is 9.79. The second kappa shape index (κ2) is 8.00. The van der Waals surface area contributed by atoms with Crippen LogP contribution in [0.5, 0.6) is 11.5 Å². The van der Waals surface area contributed by atoms with E-state index in [-0.39, 0.29) is 11.3 Å². The maximum Gasteiger partial charge on any atom is 0.308 e. The van der Waals surface area contributed by atoms with Crippen molar-refractivity contribution in [2.24, 2.45) is 0 Å².